The van der Waals surface area contributed by atoms with Crippen LogP contribution in [0.5, 0.6) is 17.2 Å². The van der Waals surface area contributed by atoms with Crippen LogP contribution in [-0.4, -0.2) is 54.7 Å². The van der Waals surface area contributed by atoms with Gasteiger partial charge in [-0.05, 0) is 121 Å². The minimum atomic E-state index is 0.386. The number of benzene rings is 6. The summed E-state index contributed by atoms with van der Waals surface area (Å²) in [5, 5.41) is 7.79. The summed E-state index contributed by atoms with van der Waals surface area (Å²) in [6.07, 6.45) is 13.8. The number of nitrogens with one attached hydrogen (secondary N) is 2. The maximum atomic E-state index is 5.30. The Labute approximate surface area is 599 Å². The van der Waals surface area contributed by atoms with Crippen LogP contribution < -0.4 is 24.8 Å². The maximum Gasteiger partial charge on any atom is 0.189 e. The highest BCUT2D eigenvalue weighted by atomic mass is 16.7. The van der Waals surface area contributed by atoms with Crippen molar-refractivity contribution in [1.82, 2.24) is 20.3 Å². The quantitative estimate of drug-likeness (QED) is 0.152. The minimum absolute atomic E-state index is 0.386. The summed E-state index contributed by atoms with van der Waals surface area (Å²) in [5.41, 5.74) is 13.5. The van der Waals surface area contributed by atoms with Gasteiger partial charge in [0.25, 0.3) is 0 Å². The Kier molecular flexibility index (Phi) is 90.6. The van der Waals surface area contributed by atoms with E-state index in [9.17, 15) is 0 Å². The molecule has 0 bridgehead atoms. The number of rotatable bonds is 0. The Morgan fingerprint density at radius 3 is 1.31 bits per heavy atom. The number of aromatic nitrogens is 3. The van der Waals surface area contributed by atoms with Gasteiger partial charge in [-0.1, -0.05) is 315 Å². The van der Waals surface area contributed by atoms with Gasteiger partial charge < -0.3 is 34.3 Å². The summed E-state index contributed by atoms with van der Waals surface area (Å²) in [6.45, 7) is 63.4. The van der Waals surface area contributed by atoms with E-state index in [-0.39, 0.29) is 0 Å². The topological polar surface area (TPSA) is 109 Å². The van der Waals surface area contributed by atoms with E-state index in [0.29, 0.717) is 26.6 Å². The van der Waals surface area contributed by atoms with Crippen LogP contribution in [0.1, 0.15) is 251 Å². The molecule has 14 rings (SSSR count). The van der Waals surface area contributed by atoms with E-state index in [2.05, 4.69) is 104 Å². The number of para-hydroxylation sites is 5. The SMILES string of the molecule is CC.CC.CC.CC.CC.CC.CC.CC.CC.CC.CC.CC.CC.CC.c1ccc2c(c1)CCCN2.c1ccc2c(c1)CCNC2.c1ccc2c(c1)CCOC2.c1ccc2c(c1)COCO2.c1ccc2c(c1)OCCO2.c1ccc2ncncc2c1.c1cnc2c(c1)CCC2. The molecule has 7 heterocycles. The van der Waals surface area contributed by atoms with Gasteiger partial charge in [0, 0.05) is 47.8 Å². The smallest absolute Gasteiger partial charge is 0.189 e. The largest absolute Gasteiger partial charge is 0.486 e. The molecule has 5 aliphatic heterocycles. The van der Waals surface area contributed by atoms with E-state index in [4.69, 9.17) is 23.7 Å². The number of ether oxygens (including phenoxy) is 5. The highest BCUT2D eigenvalue weighted by Crippen LogP contribution is 2.28. The van der Waals surface area contributed by atoms with Crippen molar-refractivity contribution in [2.75, 3.05) is 45.0 Å². The van der Waals surface area contributed by atoms with Gasteiger partial charge in [-0.2, -0.15) is 0 Å². The molecule has 0 saturated carbocycles. The van der Waals surface area contributed by atoms with Gasteiger partial charge in [-0.3, -0.25) is 4.98 Å². The van der Waals surface area contributed by atoms with Crippen LogP contribution >= 0.6 is 0 Å². The molecule has 0 spiro atoms. The fraction of sp³-hybridized carbons (Fsp3) is 0.506. The lowest BCUT2D eigenvalue weighted by molar-refractivity contribution is -0.0163. The highest BCUT2D eigenvalue weighted by Gasteiger charge is 2.11. The summed E-state index contributed by atoms with van der Waals surface area (Å²) >= 11 is 0. The average Bonchev–Trinajstić information content (AvgIpc) is 3.06. The van der Waals surface area contributed by atoms with Gasteiger partial charge in [0.05, 0.1) is 25.3 Å². The number of pyridine rings is 1. The van der Waals surface area contributed by atoms with E-state index in [1.165, 1.54) is 83.3 Å². The molecule has 0 amide bonds. The van der Waals surface area contributed by atoms with Crippen molar-refractivity contribution in [3.05, 3.63) is 221 Å². The minimum Gasteiger partial charge on any atom is -0.486 e. The molecule has 2 aromatic heterocycles. The average molecular weight is 1340 g/mol. The molecule has 0 unspecified atom stereocenters. The normalized spacial score (nSPS) is 11.5. The van der Waals surface area contributed by atoms with E-state index in [1.54, 1.807) is 6.33 Å². The predicted molar refractivity (Wildman–Crippen MR) is 434 cm³/mol. The summed E-state index contributed by atoms with van der Waals surface area (Å²) in [6, 6.07) is 53.3. The van der Waals surface area contributed by atoms with E-state index < -0.39 is 0 Å². The molecule has 0 fully saturated rings. The molecule has 97 heavy (non-hydrogen) atoms. The second-order valence-corrected chi connectivity index (χ2v) is 16.9. The Balaban J connectivity index is -0.000000184. The van der Waals surface area contributed by atoms with Crippen molar-refractivity contribution in [1.29, 1.82) is 0 Å². The number of anilines is 1. The number of hydrogen-bond acceptors (Lipinski definition) is 10. The zero-order valence-electron chi connectivity index (χ0n) is 67.4. The third-order valence-corrected chi connectivity index (χ3v) is 12.1. The molecule has 8 aromatic rings. The lowest BCUT2D eigenvalue weighted by Gasteiger charge is -2.17. The van der Waals surface area contributed by atoms with Crippen molar-refractivity contribution in [2.45, 2.75) is 259 Å². The van der Waals surface area contributed by atoms with E-state index in [1.807, 2.05) is 285 Å². The van der Waals surface area contributed by atoms with Gasteiger partial charge in [-0.25, -0.2) is 9.97 Å². The summed E-state index contributed by atoms with van der Waals surface area (Å²) in [4.78, 5) is 12.2. The van der Waals surface area contributed by atoms with Gasteiger partial charge in [0.15, 0.2) is 18.3 Å². The number of aryl methyl sites for hydroxylation is 3. The Hall–Kier alpha value is -7.11. The monoisotopic (exact) mass is 1340 g/mol. The van der Waals surface area contributed by atoms with Crippen LogP contribution in [0.4, 0.5) is 5.69 Å². The molecule has 0 radical (unpaired) electrons. The number of nitrogens with zero attached hydrogens (tertiary/aromatic N) is 3. The zero-order valence-corrected chi connectivity index (χ0v) is 67.4. The molecule has 0 atom stereocenters. The molecule has 6 aliphatic rings. The molecule has 1 aliphatic carbocycles. The second-order valence-electron chi connectivity index (χ2n) is 16.9. The maximum absolute atomic E-state index is 5.30. The number of hydrogen-bond donors (Lipinski definition) is 2. The van der Waals surface area contributed by atoms with Gasteiger partial charge in [0.1, 0.15) is 25.3 Å². The zero-order chi connectivity index (χ0) is 75.0. The molecule has 6 aromatic carbocycles. The fourth-order valence-electron chi connectivity index (χ4n) is 8.45. The van der Waals surface area contributed by atoms with Crippen LogP contribution in [0.2, 0.25) is 0 Å². The van der Waals surface area contributed by atoms with Crippen LogP contribution in [0.25, 0.3) is 10.9 Å². The highest BCUT2D eigenvalue weighted by molar-refractivity contribution is 5.76. The molecule has 10 heteroatoms. The Bertz CT molecular complexity index is 2280. The standard InChI is InChI=1S/2C9H11N.C9H10O.C8H6N2.C8H9N.2C8H8O2.14C2H6/c1-2-6-9-8(4-1)5-3-7-10-9;2*1-2-4-9-7-10-6-5-8(9)3-1;1-2-4-8-7(3-1)5-9-6-10-8;1-3-7-4-2-6-9-8(7)5-1;1-2-4-8-7(3-1)5-9-6-10-8;1-2-4-8-7(3-1)9-5-6-10-8;14*1-2/h1-2,4,6,10H,3,5,7H2;1-4,10H,5-7H2;1-4H,5-7H2;1-6H;2,4,6H,1,3,5H2;2*1-4H,5-6H2;14*1-2H3. The van der Waals surface area contributed by atoms with Crippen molar-refractivity contribution < 1.29 is 23.7 Å². The van der Waals surface area contributed by atoms with Crippen molar-refractivity contribution in [3.63, 3.8) is 0 Å². The van der Waals surface area contributed by atoms with Gasteiger partial charge in [-0.15, -0.1) is 0 Å². The summed E-state index contributed by atoms with van der Waals surface area (Å²) < 4.78 is 26.2. The molecule has 2 N–H and O–H groups in total. The van der Waals surface area contributed by atoms with Gasteiger partial charge >= 0.3 is 0 Å². The van der Waals surface area contributed by atoms with E-state index in [0.717, 1.165) is 73.0 Å². The van der Waals surface area contributed by atoms with Crippen LogP contribution in [0.15, 0.2) is 176 Å². The number of fused-ring (bicyclic) bond motifs is 7. The second kappa shape index (κ2) is 85.0. The van der Waals surface area contributed by atoms with E-state index >= 15 is 0 Å². The predicted octanol–water partition coefficient (Wildman–Crippen LogP) is 25.7. The first-order valence-electron chi connectivity index (χ1n) is 38.2. The molecule has 550 valence electrons. The molecular weight excluding hydrogens is 1190 g/mol. The first-order chi connectivity index (χ1) is 48.3. The Morgan fingerprint density at radius 2 is 0.784 bits per heavy atom. The molecule has 0 saturated heterocycles. The Morgan fingerprint density at radius 1 is 0.330 bits per heavy atom. The van der Waals surface area contributed by atoms with Crippen molar-refractivity contribution >= 4 is 16.6 Å². The van der Waals surface area contributed by atoms with Crippen LogP contribution in [0.3, 0.4) is 0 Å². The fourth-order valence-corrected chi connectivity index (χ4v) is 8.45. The first-order valence-corrected chi connectivity index (χ1v) is 38.2. The summed E-state index contributed by atoms with van der Waals surface area (Å²) in [5.74, 6) is 2.66. The first kappa shape index (κ1) is 103. The molecule has 10 nitrogen and oxygen atoms in total. The van der Waals surface area contributed by atoms with Gasteiger partial charge in [0.2, 0.25) is 0 Å². The lowest BCUT2D eigenvalue weighted by Crippen LogP contribution is -2.23. The third kappa shape index (κ3) is 48.3. The van der Waals surface area contributed by atoms with Crippen LogP contribution in [0, 0.1) is 0 Å². The van der Waals surface area contributed by atoms with Crippen molar-refractivity contribution in [3.8, 4) is 17.2 Å². The summed E-state index contributed by atoms with van der Waals surface area (Å²) in [7, 11) is 0. The van der Waals surface area contributed by atoms with Crippen LogP contribution in [-0.2, 0) is 61.3 Å². The lowest BCUT2D eigenvalue weighted by atomic mass is 10.0. The third-order valence-electron chi connectivity index (χ3n) is 12.1. The van der Waals surface area contributed by atoms with Crippen molar-refractivity contribution in [2.24, 2.45) is 0 Å². The molecular formula is C87H147N5O5.